The van der Waals surface area contributed by atoms with Gasteiger partial charge in [-0.2, -0.15) is 0 Å². The lowest BCUT2D eigenvalue weighted by Gasteiger charge is -2.37. The van der Waals surface area contributed by atoms with Crippen molar-refractivity contribution in [1.82, 2.24) is 10.2 Å². The first-order chi connectivity index (χ1) is 19.0. The largest absolute Gasteiger partial charge is 0.466 e. The second-order valence-electron chi connectivity index (χ2n) is 10.3. The third-order valence-electron chi connectivity index (χ3n) is 7.59. The molecule has 1 aromatic carbocycles. The minimum absolute atomic E-state index is 0.0752. The van der Waals surface area contributed by atoms with Crippen molar-refractivity contribution in [2.24, 2.45) is 0 Å². The first kappa shape index (κ1) is 29.2. The number of nitro benzene ring substituents is 1. The summed E-state index contributed by atoms with van der Waals surface area (Å²) in [4.78, 5) is 39.5. The monoisotopic (exact) mass is 553 g/mol. The van der Waals surface area contributed by atoms with Crippen molar-refractivity contribution in [3.63, 3.8) is 0 Å². The lowest BCUT2D eigenvalue weighted by atomic mass is 9.80. The van der Waals surface area contributed by atoms with E-state index in [9.17, 15) is 29.9 Å². The minimum atomic E-state index is -1.83. The number of rotatable bonds is 8. The van der Waals surface area contributed by atoms with E-state index in [4.69, 9.17) is 9.47 Å². The highest BCUT2D eigenvalue weighted by atomic mass is 16.6. The normalized spacial score (nSPS) is 22.9. The Kier molecular flexibility index (Phi) is 8.87. The molecule has 1 saturated heterocycles. The number of aliphatic hydroxyl groups is 2. The number of non-ortho nitro benzene ring substituents is 1. The molecule has 40 heavy (non-hydrogen) atoms. The van der Waals surface area contributed by atoms with Crippen LogP contribution in [0.25, 0.3) is 0 Å². The highest BCUT2D eigenvalue weighted by Gasteiger charge is 2.38. The van der Waals surface area contributed by atoms with Crippen LogP contribution < -0.4 is 5.32 Å². The van der Waals surface area contributed by atoms with Crippen LogP contribution in [0, 0.1) is 10.1 Å². The summed E-state index contributed by atoms with van der Waals surface area (Å²) < 4.78 is 10.7. The lowest BCUT2D eigenvalue weighted by molar-refractivity contribution is -0.384. The van der Waals surface area contributed by atoms with E-state index in [1.807, 2.05) is 6.08 Å². The van der Waals surface area contributed by atoms with Gasteiger partial charge in [0.1, 0.15) is 6.61 Å². The molecule has 2 atom stereocenters. The second-order valence-corrected chi connectivity index (χ2v) is 10.3. The molecule has 3 aliphatic rings. The number of piperidine rings is 1. The van der Waals surface area contributed by atoms with Crippen LogP contribution in [0.3, 0.4) is 0 Å². The van der Waals surface area contributed by atoms with Crippen molar-refractivity contribution in [3.8, 4) is 0 Å². The zero-order valence-electron chi connectivity index (χ0n) is 22.9. The molecule has 0 saturated carbocycles. The molecule has 2 heterocycles. The van der Waals surface area contributed by atoms with Crippen LogP contribution in [0.5, 0.6) is 0 Å². The minimum Gasteiger partial charge on any atom is -0.466 e. The van der Waals surface area contributed by atoms with Crippen LogP contribution in [0.2, 0.25) is 0 Å². The highest BCUT2D eigenvalue weighted by molar-refractivity contribution is 5.99. The number of carbonyl (C=O) groups excluding carboxylic acids is 2. The third-order valence-corrected chi connectivity index (χ3v) is 7.59. The van der Waals surface area contributed by atoms with Gasteiger partial charge in [0, 0.05) is 42.5 Å². The highest BCUT2D eigenvalue weighted by Crippen LogP contribution is 2.40. The average molecular weight is 554 g/mol. The van der Waals surface area contributed by atoms with Gasteiger partial charge < -0.3 is 25.0 Å². The number of methoxy groups -OCH3 is 1. The topological polar surface area (TPSA) is 151 Å². The van der Waals surface area contributed by atoms with Crippen LogP contribution in [-0.4, -0.2) is 70.6 Å². The fourth-order valence-corrected chi connectivity index (χ4v) is 5.65. The number of hydrogen-bond acceptors (Lipinski definition) is 10. The van der Waals surface area contributed by atoms with Crippen molar-refractivity contribution < 1.29 is 34.2 Å². The first-order valence-electron chi connectivity index (χ1n) is 13.3. The van der Waals surface area contributed by atoms with Crippen LogP contribution in [-0.2, 0) is 19.1 Å². The van der Waals surface area contributed by atoms with E-state index in [1.54, 1.807) is 26.0 Å². The molecule has 0 spiro atoms. The molecule has 1 fully saturated rings. The Hall–Kier alpha value is -3.80. The molecule has 3 N–H and O–H groups in total. The standard InChI is InChI=1S/C29H35N3O8/c1-18-24(27(33)39-3)26(21-7-6-8-22(17-21)32(37)38)25(19(2)30-18)28(34)40-16-15-31-14-5-4-9-23(31)20-10-12-29(35,36)13-11-20/h6-8,10-12,17,23,26,30,35-36H,4-5,9,13-16H2,1-3H3. The van der Waals surface area contributed by atoms with E-state index in [-0.39, 0.29) is 35.9 Å². The Morgan fingerprint density at radius 1 is 1.18 bits per heavy atom. The molecule has 4 rings (SSSR count). The molecule has 0 radical (unpaired) electrons. The van der Waals surface area contributed by atoms with Gasteiger partial charge in [-0.1, -0.05) is 30.7 Å². The van der Waals surface area contributed by atoms with Crippen LogP contribution >= 0.6 is 0 Å². The number of esters is 2. The summed E-state index contributed by atoms with van der Waals surface area (Å²) in [6, 6.07) is 5.92. The summed E-state index contributed by atoms with van der Waals surface area (Å²) in [6.07, 6.45) is 8.04. The predicted molar refractivity (Wildman–Crippen MR) is 146 cm³/mol. The average Bonchev–Trinajstić information content (AvgIpc) is 2.92. The molecule has 1 aromatic rings. The Balaban J connectivity index is 1.54. The molecule has 11 nitrogen and oxygen atoms in total. The maximum Gasteiger partial charge on any atom is 0.336 e. The zero-order chi connectivity index (χ0) is 29.0. The Morgan fingerprint density at radius 3 is 2.55 bits per heavy atom. The molecular formula is C29H35N3O8. The number of ether oxygens (including phenoxy) is 2. The molecule has 2 unspecified atom stereocenters. The smallest absolute Gasteiger partial charge is 0.336 e. The van der Waals surface area contributed by atoms with Crippen molar-refractivity contribution in [2.45, 2.75) is 57.3 Å². The van der Waals surface area contributed by atoms with E-state index in [2.05, 4.69) is 10.2 Å². The van der Waals surface area contributed by atoms with Crippen molar-refractivity contribution in [2.75, 3.05) is 26.8 Å². The number of likely N-dealkylation sites (tertiary alicyclic amines) is 1. The van der Waals surface area contributed by atoms with Crippen molar-refractivity contribution >= 4 is 17.6 Å². The molecular weight excluding hydrogens is 518 g/mol. The van der Waals surface area contributed by atoms with Crippen molar-refractivity contribution in [1.29, 1.82) is 0 Å². The van der Waals surface area contributed by atoms with Crippen molar-refractivity contribution in [3.05, 3.63) is 86.3 Å². The van der Waals surface area contributed by atoms with Gasteiger partial charge in [0.2, 0.25) is 0 Å². The van der Waals surface area contributed by atoms with Gasteiger partial charge >= 0.3 is 11.9 Å². The molecule has 0 aromatic heterocycles. The first-order valence-corrected chi connectivity index (χ1v) is 13.3. The van der Waals surface area contributed by atoms with Gasteiger partial charge in [-0.05, 0) is 50.4 Å². The van der Waals surface area contributed by atoms with Gasteiger partial charge in [-0.25, -0.2) is 9.59 Å². The van der Waals surface area contributed by atoms with E-state index in [0.717, 1.165) is 31.4 Å². The SMILES string of the molecule is COC(=O)C1=C(C)NC(C)=C(C(=O)OCCN2CCCCC2C2=CCC(O)(O)C=C2)C1c1cccc([N+](=O)[O-])c1. The van der Waals surface area contributed by atoms with Gasteiger partial charge in [0.25, 0.3) is 5.69 Å². The van der Waals surface area contributed by atoms with Crippen LogP contribution in [0.1, 0.15) is 51.0 Å². The summed E-state index contributed by atoms with van der Waals surface area (Å²) in [7, 11) is 1.24. The summed E-state index contributed by atoms with van der Waals surface area (Å²) in [5.74, 6) is -4.03. The summed E-state index contributed by atoms with van der Waals surface area (Å²) in [6.45, 7) is 4.74. The third kappa shape index (κ3) is 6.33. The summed E-state index contributed by atoms with van der Waals surface area (Å²) in [5.41, 5.74) is 2.57. The maximum absolute atomic E-state index is 13.5. The Bertz CT molecular complexity index is 1310. The molecule has 11 heteroatoms. The summed E-state index contributed by atoms with van der Waals surface area (Å²) in [5, 5.41) is 34.2. The maximum atomic E-state index is 13.5. The number of nitrogens with zero attached hydrogens (tertiary/aromatic N) is 2. The van der Waals surface area contributed by atoms with E-state index in [1.165, 1.54) is 31.4 Å². The Labute approximate surface area is 232 Å². The quantitative estimate of drug-likeness (QED) is 0.190. The zero-order valence-corrected chi connectivity index (χ0v) is 22.9. The van der Waals surface area contributed by atoms with Gasteiger partial charge in [-0.3, -0.25) is 15.0 Å². The second kappa shape index (κ2) is 12.2. The molecule has 214 valence electrons. The number of benzene rings is 1. The number of hydrogen-bond donors (Lipinski definition) is 3. The van der Waals surface area contributed by atoms with Gasteiger partial charge in [0.05, 0.1) is 29.1 Å². The fourth-order valence-electron chi connectivity index (χ4n) is 5.65. The van der Waals surface area contributed by atoms with Gasteiger partial charge in [-0.15, -0.1) is 0 Å². The number of allylic oxidation sites excluding steroid dienone is 2. The number of dihydropyridines is 1. The number of carbonyl (C=O) groups is 2. The molecule has 0 bridgehead atoms. The van der Waals surface area contributed by atoms with Gasteiger partial charge in [0.15, 0.2) is 5.79 Å². The number of nitrogens with one attached hydrogen (secondary N) is 1. The predicted octanol–water partition coefficient (Wildman–Crippen LogP) is 2.97. The van der Waals surface area contributed by atoms with E-state index in [0.29, 0.717) is 23.5 Å². The molecule has 2 aliphatic heterocycles. The van der Waals surface area contributed by atoms with Crippen LogP contribution in [0.4, 0.5) is 5.69 Å². The Morgan fingerprint density at radius 2 is 1.90 bits per heavy atom. The van der Waals surface area contributed by atoms with E-state index < -0.39 is 28.6 Å². The molecule has 1 aliphatic carbocycles. The molecule has 0 amide bonds. The lowest BCUT2D eigenvalue weighted by Crippen LogP contribution is -2.43. The van der Waals surface area contributed by atoms with Crippen LogP contribution in [0.15, 0.2) is 70.6 Å². The summed E-state index contributed by atoms with van der Waals surface area (Å²) >= 11 is 0. The fraction of sp³-hybridized carbons (Fsp3) is 0.448. The number of nitro groups is 1. The van der Waals surface area contributed by atoms with E-state index >= 15 is 0 Å².